The second-order valence-corrected chi connectivity index (χ2v) is 10.7. The van der Waals surface area contributed by atoms with E-state index >= 15 is 0 Å². The zero-order chi connectivity index (χ0) is 21.4. The summed E-state index contributed by atoms with van der Waals surface area (Å²) in [7, 11) is 0. The highest BCUT2D eigenvalue weighted by molar-refractivity contribution is 7.99. The van der Waals surface area contributed by atoms with Crippen molar-refractivity contribution in [3.8, 4) is 11.3 Å². The van der Waals surface area contributed by atoms with Crippen LogP contribution in [0.1, 0.15) is 76.0 Å². The van der Waals surface area contributed by atoms with Crippen LogP contribution in [0.4, 0.5) is 0 Å². The van der Waals surface area contributed by atoms with Gasteiger partial charge in [0.15, 0.2) is 4.96 Å². The summed E-state index contributed by atoms with van der Waals surface area (Å²) in [5.41, 5.74) is 6.57. The van der Waals surface area contributed by atoms with E-state index in [1.807, 2.05) is 11.8 Å². The highest BCUT2D eigenvalue weighted by Crippen LogP contribution is 2.44. The molecular formula is C26H30N2S2. The number of fused-ring (bicyclic) bond motifs is 1. The van der Waals surface area contributed by atoms with Gasteiger partial charge in [-0.05, 0) is 34.4 Å². The van der Waals surface area contributed by atoms with Gasteiger partial charge in [0.1, 0.15) is 10.7 Å². The number of thiazole rings is 1. The summed E-state index contributed by atoms with van der Waals surface area (Å²) >= 11 is 3.58. The van der Waals surface area contributed by atoms with E-state index in [1.54, 1.807) is 11.3 Å². The molecule has 0 bridgehead atoms. The van der Waals surface area contributed by atoms with Crippen LogP contribution in [0, 0.1) is 0 Å². The molecule has 0 saturated heterocycles. The van der Waals surface area contributed by atoms with E-state index < -0.39 is 0 Å². The number of hydrogen-bond acceptors (Lipinski definition) is 3. The molecule has 0 fully saturated rings. The first-order chi connectivity index (χ1) is 14.4. The fourth-order valence-electron chi connectivity index (χ4n) is 3.75. The molecule has 0 aliphatic heterocycles. The van der Waals surface area contributed by atoms with Crippen molar-refractivity contribution in [3.63, 3.8) is 0 Å². The Hall–Kier alpha value is -2.04. The smallest absolute Gasteiger partial charge is 0.195 e. The minimum absolute atomic E-state index is 0.467. The summed E-state index contributed by atoms with van der Waals surface area (Å²) in [6.45, 7) is 13.8. The van der Waals surface area contributed by atoms with Crippen molar-refractivity contribution in [3.05, 3.63) is 70.7 Å². The molecule has 2 aromatic carbocycles. The summed E-state index contributed by atoms with van der Waals surface area (Å²) in [5.74, 6) is 1.46. The van der Waals surface area contributed by atoms with Crippen LogP contribution < -0.4 is 0 Å². The molecular weight excluding hydrogens is 404 g/mol. The monoisotopic (exact) mass is 434 g/mol. The topological polar surface area (TPSA) is 17.3 Å². The Morgan fingerprint density at radius 3 is 2.07 bits per heavy atom. The van der Waals surface area contributed by atoms with E-state index in [-0.39, 0.29) is 0 Å². The van der Waals surface area contributed by atoms with Gasteiger partial charge in [-0.25, -0.2) is 4.98 Å². The first-order valence-corrected chi connectivity index (χ1v) is 12.4. The molecule has 2 aromatic heterocycles. The molecule has 0 N–H and O–H groups in total. The molecule has 0 spiro atoms. The maximum atomic E-state index is 4.99. The van der Waals surface area contributed by atoms with E-state index in [2.05, 4.69) is 100.0 Å². The van der Waals surface area contributed by atoms with Crippen molar-refractivity contribution >= 4 is 28.1 Å². The molecule has 0 unspecified atom stereocenters. The molecule has 0 aliphatic carbocycles. The van der Waals surface area contributed by atoms with E-state index in [0.717, 1.165) is 10.7 Å². The van der Waals surface area contributed by atoms with Crippen LogP contribution in [0.5, 0.6) is 0 Å². The number of hydrogen-bond donors (Lipinski definition) is 0. The van der Waals surface area contributed by atoms with Crippen molar-refractivity contribution in [1.82, 2.24) is 9.38 Å². The molecule has 0 atom stereocenters. The largest absolute Gasteiger partial charge is 0.284 e. The third-order valence-electron chi connectivity index (χ3n) is 5.54. The predicted molar refractivity (Wildman–Crippen MR) is 131 cm³/mol. The molecule has 0 aliphatic rings. The lowest BCUT2D eigenvalue weighted by Crippen LogP contribution is -2.03. The highest BCUT2D eigenvalue weighted by Gasteiger charge is 2.22. The van der Waals surface area contributed by atoms with Gasteiger partial charge in [-0.15, -0.1) is 11.3 Å². The lowest BCUT2D eigenvalue weighted by Gasteiger charge is -2.22. The number of rotatable bonds is 6. The highest BCUT2D eigenvalue weighted by atomic mass is 32.2. The maximum Gasteiger partial charge on any atom is 0.195 e. The Bertz CT molecular complexity index is 1120. The Balaban J connectivity index is 1.93. The van der Waals surface area contributed by atoms with Crippen LogP contribution in [0.25, 0.3) is 16.2 Å². The molecule has 4 heteroatoms. The first-order valence-electron chi connectivity index (χ1n) is 10.7. The summed E-state index contributed by atoms with van der Waals surface area (Å²) in [6, 6.07) is 15.4. The summed E-state index contributed by atoms with van der Waals surface area (Å²) in [5, 5.41) is 3.33. The second kappa shape index (κ2) is 8.60. The van der Waals surface area contributed by atoms with Crippen molar-refractivity contribution < 1.29 is 0 Å². The molecule has 4 rings (SSSR count). The van der Waals surface area contributed by atoms with E-state index in [9.17, 15) is 0 Å². The molecule has 156 valence electrons. The number of imidazole rings is 1. The molecule has 30 heavy (non-hydrogen) atoms. The quantitative estimate of drug-likeness (QED) is 0.302. The van der Waals surface area contributed by atoms with Gasteiger partial charge in [0, 0.05) is 22.0 Å². The Labute approximate surface area is 188 Å². The van der Waals surface area contributed by atoms with Crippen LogP contribution in [-0.4, -0.2) is 9.38 Å². The van der Waals surface area contributed by atoms with E-state index in [0.29, 0.717) is 17.8 Å². The van der Waals surface area contributed by atoms with Crippen LogP contribution >= 0.6 is 23.1 Å². The fourth-order valence-corrected chi connectivity index (χ4v) is 6.05. The maximum absolute atomic E-state index is 4.99. The Morgan fingerprint density at radius 2 is 1.50 bits per heavy atom. The minimum Gasteiger partial charge on any atom is -0.284 e. The van der Waals surface area contributed by atoms with Crippen molar-refractivity contribution in [2.75, 3.05) is 0 Å². The van der Waals surface area contributed by atoms with Gasteiger partial charge in [0.2, 0.25) is 0 Å². The third kappa shape index (κ3) is 3.95. The summed E-state index contributed by atoms with van der Waals surface area (Å²) in [4.78, 5) is 7.44. The van der Waals surface area contributed by atoms with Gasteiger partial charge in [-0.1, -0.05) is 95.8 Å². The first kappa shape index (κ1) is 21.2. The van der Waals surface area contributed by atoms with Gasteiger partial charge < -0.3 is 0 Å². The van der Waals surface area contributed by atoms with Crippen LogP contribution in [-0.2, 0) is 0 Å². The fraction of sp³-hybridized carbons (Fsp3) is 0.346. The van der Waals surface area contributed by atoms with Crippen LogP contribution in [0.15, 0.2) is 64.0 Å². The zero-order valence-electron chi connectivity index (χ0n) is 18.6. The van der Waals surface area contributed by atoms with Gasteiger partial charge in [0.05, 0.1) is 0 Å². The molecule has 2 nitrogen and oxygen atoms in total. The summed E-state index contributed by atoms with van der Waals surface area (Å²) < 4.78 is 2.25. The van der Waals surface area contributed by atoms with E-state index in [4.69, 9.17) is 4.98 Å². The number of aromatic nitrogens is 2. The van der Waals surface area contributed by atoms with E-state index in [1.165, 1.54) is 32.2 Å². The Morgan fingerprint density at radius 1 is 0.867 bits per heavy atom. The van der Waals surface area contributed by atoms with Gasteiger partial charge in [0.25, 0.3) is 0 Å². The second-order valence-electron chi connectivity index (χ2n) is 8.78. The SMILES string of the molecule is CC(C)c1cc(C(C)C)c(Sc2c(-c3ccccc3)nc3sccn23)c(C(C)C)c1. The standard InChI is InChI=1S/C26H30N2S2/c1-16(2)20-14-21(17(3)4)24(22(15-20)18(5)6)30-25-23(19-10-8-7-9-11-19)27-26-28(25)12-13-29-26/h7-18H,1-6H3. The predicted octanol–water partition coefficient (Wildman–Crippen LogP) is 8.58. The van der Waals surface area contributed by atoms with Crippen molar-refractivity contribution in [2.24, 2.45) is 0 Å². The average Bonchev–Trinajstić information content (AvgIpc) is 3.30. The normalized spacial score (nSPS) is 12.0. The molecule has 2 heterocycles. The lowest BCUT2D eigenvalue weighted by molar-refractivity contribution is 0.771. The molecule has 0 saturated carbocycles. The third-order valence-corrected chi connectivity index (χ3v) is 7.56. The van der Waals surface area contributed by atoms with Crippen LogP contribution in [0.3, 0.4) is 0 Å². The number of benzene rings is 2. The van der Waals surface area contributed by atoms with Gasteiger partial charge in [-0.3, -0.25) is 4.40 Å². The average molecular weight is 435 g/mol. The molecule has 0 amide bonds. The van der Waals surface area contributed by atoms with Crippen LogP contribution in [0.2, 0.25) is 0 Å². The molecule has 4 aromatic rings. The minimum atomic E-state index is 0.467. The van der Waals surface area contributed by atoms with Crippen molar-refractivity contribution in [1.29, 1.82) is 0 Å². The Kier molecular flexibility index (Phi) is 6.08. The number of nitrogens with zero attached hydrogens (tertiary/aromatic N) is 2. The summed E-state index contributed by atoms with van der Waals surface area (Å²) in [6.07, 6.45) is 2.15. The molecule has 0 radical (unpaired) electrons. The zero-order valence-corrected chi connectivity index (χ0v) is 20.3. The van der Waals surface area contributed by atoms with Crippen molar-refractivity contribution in [2.45, 2.75) is 69.2 Å². The lowest BCUT2D eigenvalue weighted by atomic mass is 9.89. The van der Waals surface area contributed by atoms with Gasteiger partial charge in [-0.2, -0.15) is 0 Å². The van der Waals surface area contributed by atoms with Gasteiger partial charge >= 0.3 is 0 Å².